The molecular weight excluding hydrogens is 331 g/mol. The Morgan fingerprint density at radius 1 is 0.923 bits per heavy atom. The van der Waals surface area contributed by atoms with Crippen molar-refractivity contribution in [1.82, 2.24) is 19.6 Å². The Balaban J connectivity index is 1.39. The third-order valence-corrected chi connectivity index (χ3v) is 4.91. The quantitative estimate of drug-likeness (QED) is 0.723. The van der Waals surface area contributed by atoms with E-state index < -0.39 is 0 Å². The number of rotatable bonds is 4. The fraction of sp³-hybridized carbons (Fsp3) is 0.300. The predicted octanol–water partition coefficient (Wildman–Crippen LogP) is 2.31. The van der Waals surface area contributed by atoms with Gasteiger partial charge in [-0.2, -0.15) is 5.10 Å². The molecule has 0 bridgehead atoms. The molecule has 1 aliphatic heterocycles. The fourth-order valence-corrected chi connectivity index (χ4v) is 3.37. The van der Waals surface area contributed by atoms with Crippen LogP contribution in [0.5, 0.6) is 0 Å². The summed E-state index contributed by atoms with van der Waals surface area (Å²) in [5, 5.41) is 5.86. The third-order valence-electron chi connectivity index (χ3n) is 4.91. The summed E-state index contributed by atoms with van der Waals surface area (Å²) in [5.74, 6) is -0.151. The number of aromatic nitrogens is 2. The van der Waals surface area contributed by atoms with Crippen LogP contribution in [0.2, 0.25) is 0 Å². The van der Waals surface area contributed by atoms with Gasteiger partial charge in [0.2, 0.25) is 0 Å². The van der Waals surface area contributed by atoms with Gasteiger partial charge in [0.05, 0.1) is 18.3 Å². The van der Waals surface area contributed by atoms with Gasteiger partial charge in [0, 0.05) is 43.7 Å². The zero-order valence-electron chi connectivity index (χ0n) is 14.5. The fourth-order valence-electron chi connectivity index (χ4n) is 3.37. The van der Waals surface area contributed by atoms with E-state index in [0.29, 0.717) is 18.6 Å². The molecular formula is C20H21FN4O. The number of halogens is 1. The summed E-state index contributed by atoms with van der Waals surface area (Å²) in [5.41, 5.74) is 0.672. The predicted molar refractivity (Wildman–Crippen MR) is 99.3 cm³/mol. The van der Waals surface area contributed by atoms with E-state index in [4.69, 9.17) is 0 Å². The van der Waals surface area contributed by atoms with Crippen molar-refractivity contribution in [3.63, 3.8) is 0 Å². The highest BCUT2D eigenvalue weighted by Gasteiger charge is 2.19. The van der Waals surface area contributed by atoms with Gasteiger partial charge in [0.25, 0.3) is 5.56 Å². The van der Waals surface area contributed by atoms with Crippen LogP contribution in [0.15, 0.2) is 59.5 Å². The second kappa shape index (κ2) is 7.35. The lowest BCUT2D eigenvalue weighted by atomic mass is 10.2. The molecule has 6 heteroatoms. The summed E-state index contributed by atoms with van der Waals surface area (Å²) in [6, 6.07) is 14.4. The van der Waals surface area contributed by atoms with E-state index in [-0.39, 0.29) is 11.4 Å². The Morgan fingerprint density at radius 3 is 2.42 bits per heavy atom. The molecule has 5 nitrogen and oxygen atoms in total. The molecule has 1 saturated heterocycles. The van der Waals surface area contributed by atoms with E-state index >= 15 is 0 Å². The SMILES string of the molecule is O=c1c2ccccc2cnn1CN1CCN(Cc2ccccc2F)CC1. The van der Waals surface area contributed by atoms with Crippen molar-refractivity contribution in [2.75, 3.05) is 26.2 Å². The second-order valence-electron chi connectivity index (χ2n) is 6.66. The Labute approximate surface area is 151 Å². The molecule has 0 atom stereocenters. The Morgan fingerprint density at radius 2 is 1.62 bits per heavy atom. The lowest BCUT2D eigenvalue weighted by molar-refractivity contribution is 0.0965. The zero-order valence-corrected chi connectivity index (χ0v) is 14.5. The van der Waals surface area contributed by atoms with Crippen molar-refractivity contribution < 1.29 is 4.39 Å². The van der Waals surface area contributed by atoms with Gasteiger partial charge < -0.3 is 0 Å². The lowest BCUT2D eigenvalue weighted by Crippen LogP contribution is -2.47. The second-order valence-corrected chi connectivity index (χ2v) is 6.66. The van der Waals surface area contributed by atoms with Gasteiger partial charge in [-0.1, -0.05) is 36.4 Å². The van der Waals surface area contributed by atoms with Gasteiger partial charge in [-0.3, -0.25) is 14.6 Å². The van der Waals surface area contributed by atoms with Gasteiger partial charge in [-0.15, -0.1) is 0 Å². The summed E-state index contributed by atoms with van der Waals surface area (Å²) in [4.78, 5) is 17.0. The van der Waals surface area contributed by atoms with Crippen molar-refractivity contribution in [3.05, 3.63) is 76.5 Å². The molecule has 4 rings (SSSR count). The number of piperazine rings is 1. The van der Waals surface area contributed by atoms with E-state index in [0.717, 1.165) is 37.1 Å². The maximum Gasteiger partial charge on any atom is 0.275 e. The van der Waals surface area contributed by atoms with Crippen LogP contribution in [0.1, 0.15) is 5.56 Å². The Bertz CT molecular complexity index is 963. The van der Waals surface area contributed by atoms with Crippen molar-refractivity contribution in [1.29, 1.82) is 0 Å². The topological polar surface area (TPSA) is 41.4 Å². The number of hydrogen-bond acceptors (Lipinski definition) is 4. The van der Waals surface area contributed by atoms with E-state index in [2.05, 4.69) is 14.9 Å². The van der Waals surface area contributed by atoms with E-state index in [1.807, 2.05) is 36.4 Å². The largest absolute Gasteiger partial charge is 0.296 e. The molecule has 0 saturated carbocycles. The van der Waals surface area contributed by atoms with Crippen molar-refractivity contribution in [2.24, 2.45) is 0 Å². The van der Waals surface area contributed by atoms with E-state index in [9.17, 15) is 9.18 Å². The minimum absolute atomic E-state index is 0.0584. The monoisotopic (exact) mass is 352 g/mol. The average Bonchev–Trinajstić information content (AvgIpc) is 2.67. The van der Waals surface area contributed by atoms with Crippen molar-refractivity contribution in [2.45, 2.75) is 13.2 Å². The van der Waals surface area contributed by atoms with Crippen LogP contribution in [0.25, 0.3) is 10.8 Å². The summed E-state index contributed by atoms with van der Waals surface area (Å²) in [7, 11) is 0. The van der Waals surface area contributed by atoms with Crippen LogP contribution in [-0.2, 0) is 13.2 Å². The molecule has 1 aliphatic rings. The molecule has 2 heterocycles. The molecule has 26 heavy (non-hydrogen) atoms. The van der Waals surface area contributed by atoms with Crippen LogP contribution in [0.4, 0.5) is 4.39 Å². The van der Waals surface area contributed by atoms with Crippen LogP contribution >= 0.6 is 0 Å². The average molecular weight is 352 g/mol. The molecule has 2 aromatic carbocycles. The molecule has 0 radical (unpaired) electrons. The zero-order chi connectivity index (χ0) is 17.9. The molecule has 1 aromatic heterocycles. The minimum atomic E-state index is -0.151. The van der Waals surface area contributed by atoms with Crippen molar-refractivity contribution >= 4 is 10.8 Å². The molecule has 0 amide bonds. The first-order valence-corrected chi connectivity index (χ1v) is 8.84. The maximum absolute atomic E-state index is 13.8. The highest BCUT2D eigenvalue weighted by molar-refractivity contribution is 5.80. The van der Waals surface area contributed by atoms with Gasteiger partial charge in [0.1, 0.15) is 5.82 Å². The Hall–Kier alpha value is -2.57. The number of hydrogen-bond donors (Lipinski definition) is 0. The summed E-state index contributed by atoms with van der Waals surface area (Å²) >= 11 is 0. The van der Waals surface area contributed by atoms with E-state index in [1.54, 1.807) is 12.3 Å². The summed E-state index contributed by atoms with van der Waals surface area (Å²) < 4.78 is 15.3. The number of benzene rings is 2. The summed E-state index contributed by atoms with van der Waals surface area (Å²) in [6.07, 6.45) is 1.74. The molecule has 0 N–H and O–H groups in total. The smallest absolute Gasteiger partial charge is 0.275 e. The highest BCUT2D eigenvalue weighted by Crippen LogP contribution is 2.12. The number of fused-ring (bicyclic) bond motifs is 1. The van der Waals surface area contributed by atoms with Gasteiger partial charge in [0.15, 0.2) is 0 Å². The molecule has 0 unspecified atom stereocenters. The third kappa shape index (κ3) is 3.52. The van der Waals surface area contributed by atoms with Crippen LogP contribution in [0, 0.1) is 5.82 Å². The minimum Gasteiger partial charge on any atom is -0.296 e. The first-order chi connectivity index (χ1) is 12.7. The van der Waals surface area contributed by atoms with Crippen LogP contribution in [-0.4, -0.2) is 45.8 Å². The first-order valence-electron chi connectivity index (χ1n) is 8.84. The molecule has 0 aliphatic carbocycles. The van der Waals surface area contributed by atoms with E-state index in [1.165, 1.54) is 10.7 Å². The van der Waals surface area contributed by atoms with Gasteiger partial charge in [-0.05, 0) is 12.1 Å². The molecule has 3 aromatic rings. The standard InChI is InChI=1S/C20H21FN4O/c21-19-8-4-2-6-17(19)14-23-9-11-24(12-10-23)15-25-20(26)18-7-3-1-5-16(18)13-22-25/h1-8,13H,9-12,14-15H2. The Kier molecular flexibility index (Phi) is 4.77. The first kappa shape index (κ1) is 16.9. The van der Waals surface area contributed by atoms with Crippen molar-refractivity contribution in [3.8, 4) is 0 Å². The van der Waals surface area contributed by atoms with Crippen LogP contribution in [0.3, 0.4) is 0 Å². The summed E-state index contributed by atoms with van der Waals surface area (Å²) in [6.45, 7) is 4.45. The highest BCUT2D eigenvalue weighted by atomic mass is 19.1. The van der Waals surface area contributed by atoms with Crippen LogP contribution < -0.4 is 5.56 Å². The maximum atomic E-state index is 13.8. The normalized spacial score (nSPS) is 16.2. The van der Waals surface area contributed by atoms with Gasteiger partial charge >= 0.3 is 0 Å². The van der Waals surface area contributed by atoms with Gasteiger partial charge in [-0.25, -0.2) is 9.07 Å². The lowest BCUT2D eigenvalue weighted by Gasteiger charge is -2.34. The molecule has 0 spiro atoms. The molecule has 134 valence electrons. The molecule has 1 fully saturated rings. The number of nitrogens with zero attached hydrogens (tertiary/aromatic N) is 4.